The Balaban J connectivity index is -0.0000000320. The summed E-state index contributed by atoms with van der Waals surface area (Å²) in [5, 5.41) is 0. The maximum absolute atomic E-state index is 6.75. The largest absolute Gasteiger partial charge is 1.00 e. The van der Waals surface area contributed by atoms with Crippen LogP contribution in [0.1, 0.15) is 0 Å². The van der Waals surface area contributed by atoms with Crippen LogP contribution in [0, 0.1) is 0 Å². The van der Waals surface area contributed by atoms with E-state index in [1.54, 1.807) is 0 Å². The Labute approximate surface area is 226 Å². The van der Waals surface area contributed by atoms with Crippen LogP contribution < -0.4 is 154 Å². The van der Waals surface area contributed by atoms with Gasteiger partial charge in [0.1, 0.15) is 0 Å². The summed E-state index contributed by atoms with van der Waals surface area (Å²) in [4.78, 5) is 1.50. The van der Waals surface area contributed by atoms with Gasteiger partial charge in [-0.1, -0.05) is 0 Å². The van der Waals surface area contributed by atoms with Gasteiger partial charge in [-0.3, -0.25) is 4.91 Å². The molecule has 0 fully saturated rings. The standard InChI is InChI=1S/6ClH.Ir.3K.N3/c;;;;;;;;;;1-3-2/h6*1H;;;;;/q;;;;;;+4;3*+1;-1/p-6. The average Bonchev–Trinajstić information content (AvgIpc) is 1.20. The molecule has 0 radical (unpaired) electrons. The third-order valence-electron chi connectivity index (χ3n) is 0. The van der Waals surface area contributed by atoms with E-state index in [1.165, 1.54) is 4.91 Å². The molecule has 3 nitrogen and oxygen atoms in total. The van der Waals surface area contributed by atoms with E-state index in [2.05, 4.69) is 0 Å². The molecule has 0 heterocycles. The van der Waals surface area contributed by atoms with E-state index >= 15 is 0 Å². The number of hydrogen-bond acceptors (Lipinski definition) is 0. The second-order valence-corrected chi connectivity index (χ2v) is 52.7. The van der Waals surface area contributed by atoms with Crippen LogP contribution in [0.2, 0.25) is 0 Å². The summed E-state index contributed by atoms with van der Waals surface area (Å²) < 4.78 is 0. The third-order valence-corrected chi connectivity index (χ3v) is 0. The number of nitrogens with zero attached hydrogens (tertiary/aromatic N) is 3. The van der Waals surface area contributed by atoms with Gasteiger partial charge < -0.3 is 11.1 Å². The molecule has 0 saturated carbocycles. The smallest absolute Gasteiger partial charge is 0.373 e. The number of rotatable bonds is 0. The first kappa shape index (κ1) is 31.8. The molecular formula is Cl6IrK3N3. The van der Waals surface area contributed by atoms with E-state index < -0.39 is 6.81 Å². The van der Waals surface area contributed by atoms with Crippen molar-refractivity contribution in [1.29, 1.82) is 0 Å². The third kappa shape index (κ3) is 118. The van der Waals surface area contributed by atoms with Gasteiger partial charge in [-0.15, -0.1) is 0 Å². The molecule has 13 heavy (non-hydrogen) atoms. The summed E-state index contributed by atoms with van der Waals surface area (Å²) in [5.74, 6) is 0. The summed E-state index contributed by atoms with van der Waals surface area (Å²) >= 11 is 0. The van der Waals surface area contributed by atoms with Crippen molar-refractivity contribution in [3.05, 3.63) is 16.0 Å². The summed E-state index contributed by atoms with van der Waals surface area (Å²) in [6.45, 7) is -5.33. The molecule has 0 aliphatic carbocycles. The Morgan fingerprint density at radius 2 is 0.692 bits per heavy atom. The molecule has 0 bridgehead atoms. The molecule has 0 atom stereocenters. The Kier molecular flexibility index (Phi) is 27.6. The first-order valence-corrected chi connectivity index (χ1v) is 19.0. The first-order chi connectivity index (χ1) is 3.86. The van der Waals surface area contributed by atoms with Crippen molar-refractivity contribution in [2.75, 3.05) is 0 Å². The molecule has 0 amide bonds. The van der Waals surface area contributed by atoms with E-state index in [0.717, 1.165) is 0 Å². The molecule has 0 saturated heterocycles. The van der Waals surface area contributed by atoms with Crippen LogP contribution in [0.5, 0.6) is 0 Å². The summed E-state index contributed by atoms with van der Waals surface area (Å²) in [6.07, 6.45) is 0. The molecule has 0 spiro atoms. The fourth-order valence-electron chi connectivity index (χ4n) is 0. The molecule has 0 unspecified atom stereocenters. The van der Waals surface area contributed by atoms with Gasteiger partial charge in [-0.05, 0) is 0 Å². The Hall–Kier alpha value is 6.61. The second kappa shape index (κ2) is 11.3. The van der Waals surface area contributed by atoms with Crippen molar-refractivity contribution in [3.63, 3.8) is 0 Å². The Morgan fingerprint density at radius 1 is 0.692 bits per heavy atom. The van der Waals surface area contributed by atoms with Crippen molar-refractivity contribution in [2.24, 2.45) is 0 Å². The molecule has 0 aliphatic heterocycles. The predicted octanol–water partition coefficient (Wildman–Crippen LogP) is -3.99. The van der Waals surface area contributed by atoms with Crippen molar-refractivity contribution in [2.45, 2.75) is 0 Å². The molecule has 13 heteroatoms. The van der Waals surface area contributed by atoms with E-state index in [0.29, 0.717) is 0 Å². The van der Waals surface area contributed by atoms with Crippen LogP contribution in [-0.2, 0) is 6.81 Å². The normalized spacial score (nSPS) is 13.1. The Morgan fingerprint density at radius 3 is 0.692 bits per heavy atom. The number of halogens is 6. The van der Waals surface area contributed by atoms with E-state index in [4.69, 9.17) is 68.6 Å². The SMILES string of the molecule is [Cl][Ir-2]([Cl])([Cl])([Cl])([Cl])[Cl].[K+].[K+].[K+].[N-]=[N+]=[N-]. The van der Waals surface area contributed by atoms with Crippen LogP contribution >= 0.6 is 57.5 Å². The van der Waals surface area contributed by atoms with Gasteiger partial charge in [-0.2, -0.15) is 0 Å². The van der Waals surface area contributed by atoms with Crippen LogP contribution in [-0.4, -0.2) is 0 Å². The van der Waals surface area contributed by atoms with E-state index in [-0.39, 0.29) is 154 Å². The predicted molar refractivity (Wildman–Crippen MR) is 45.2 cm³/mol. The molecular weight excluding hydrogens is 564 g/mol. The van der Waals surface area contributed by atoms with Crippen LogP contribution in [0.3, 0.4) is 0 Å². The molecule has 69 valence electrons. The molecule has 0 aromatic carbocycles. The van der Waals surface area contributed by atoms with Gasteiger partial charge in [0, 0.05) is 0 Å². The van der Waals surface area contributed by atoms with Crippen molar-refractivity contribution >= 4 is 57.5 Å². The second-order valence-electron chi connectivity index (χ2n) is 0.804. The van der Waals surface area contributed by atoms with Gasteiger partial charge in [0.25, 0.3) is 0 Å². The molecule has 0 aliphatic rings. The summed E-state index contributed by atoms with van der Waals surface area (Å²) in [6, 6.07) is 0. The monoisotopic (exact) mass is 562 g/mol. The molecule has 0 rings (SSSR count). The topological polar surface area (TPSA) is 58.7 Å². The fraction of sp³-hybridized carbons (Fsp3) is 0. The quantitative estimate of drug-likeness (QED) is 0.125. The van der Waals surface area contributed by atoms with Gasteiger partial charge in [0.2, 0.25) is 0 Å². The minimum Gasteiger partial charge on any atom is -0.373 e. The summed E-state index contributed by atoms with van der Waals surface area (Å²) in [5.41, 5.74) is 13.5. The zero-order valence-corrected chi connectivity index (χ0v) is 23.2. The van der Waals surface area contributed by atoms with Crippen LogP contribution in [0.15, 0.2) is 0 Å². The van der Waals surface area contributed by atoms with Crippen molar-refractivity contribution in [3.8, 4) is 0 Å². The van der Waals surface area contributed by atoms with Gasteiger partial charge in [-0.25, -0.2) is 0 Å². The summed E-state index contributed by atoms with van der Waals surface area (Å²) in [7, 11) is 30.3. The van der Waals surface area contributed by atoms with E-state index in [9.17, 15) is 0 Å². The molecule has 0 aromatic heterocycles. The molecule has 0 aromatic rings. The zero-order chi connectivity index (χ0) is 9.12. The van der Waals surface area contributed by atoms with E-state index in [1.807, 2.05) is 0 Å². The van der Waals surface area contributed by atoms with Crippen LogP contribution in [0.25, 0.3) is 16.0 Å². The maximum atomic E-state index is 6.75. The van der Waals surface area contributed by atoms with Gasteiger partial charge in [0.05, 0.1) is 0 Å². The average molecular weight is 564 g/mol. The van der Waals surface area contributed by atoms with Gasteiger partial charge in [0.15, 0.2) is 0 Å². The van der Waals surface area contributed by atoms with Crippen molar-refractivity contribution < 1.29 is 161 Å². The minimum atomic E-state index is -5.33. The maximum Gasteiger partial charge on any atom is 1.00 e. The van der Waals surface area contributed by atoms with Crippen molar-refractivity contribution in [1.82, 2.24) is 0 Å². The fourth-order valence-corrected chi connectivity index (χ4v) is 0. The van der Waals surface area contributed by atoms with Crippen LogP contribution in [0.4, 0.5) is 0 Å². The Bertz CT molecular complexity index is 139. The minimum absolute atomic E-state index is 0. The molecule has 0 N–H and O–H groups in total. The number of hydrogen-bond donors (Lipinski definition) is 0. The first-order valence-electron chi connectivity index (χ1n) is 1.16. The zero-order valence-electron chi connectivity index (χ0n) is 6.94. The van der Waals surface area contributed by atoms with Gasteiger partial charge >= 0.3 is 218 Å².